The number of nitrogens with zero attached hydrogens (tertiary/aromatic N) is 2. The van der Waals surface area contributed by atoms with Gasteiger partial charge >= 0.3 is 5.97 Å². The zero-order valence-electron chi connectivity index (χ0n) is 15.6. The third-order valence-corrected chi connectivity index (χ3v) is 3.79. The number of methoxy groups -OCH3 is 1. The molecule has 0 unspecified atom stereocenters. The number of carbonyl (C=O) groups is 1. The maximum absolute atomic E-state index is 11.6. The molecule has 0 aliphatic carbocycles. The summed E-state index contributed by atoms with van der Waals surface area (Å²) in [5, 5.41) is 6.52. The Labute approximate surface area is 158 Å². The van der Waals surface area contributed by atoms with Gasteiger partial charge in [0.1, 0.15) is 5.82 Å². The van der Waals surface area contributed by atoms with Crippen LogP contribution in [-0.2, 0) is 4.74 Å². The molecule has 0 fully saturated rings. The van der Waals surface area contributed by atoms with Gasteiger partial charge in [0.25, 0.3) is 0 Å². The highest BCUT2D eigenvalue weighted by molar-refractivity contribution is 5.89. The molecule has 0 atom stereocenters. The lowest BCUT2D eigenvalue weighted by atomic mass is 10.1. The van der Waals surface area contributed by atoms with Crippen molar-refractivity contribution in [3.8, 4) is 11.3 Å². The van der Waals surface area contributed by atoms with E-state index < -0.39 is 0 Å². The molecule has 6 heteroatoms. The van der Waals surface area contributed by atoms with Crippen LogP contribution in [0.4, 0.5) is 17.5 Å². The molecule has 0 amide bonds. The lowest BCUT2D eigenvalue weighted by molar-refractivity contribution is 0.0601. The minimum Gasteiger partial charge on any atom is -0.465 e. The Hall–Kier alpha value is -3.41. The second-order valence-electron chi connectivity index (χ2n) is 6.32. The van der Waals surface area contributed by atoms with Crippen molar-refractivity contribution in [1.29, 1.82) is 0 Å². The van der Waals surface area contributed by atoms with Gasteiger partial charge in [-0.25, -0.2) is 9.78 Å². The third-order valence-electron chi connectivity index (χ3n) is 3.79. The van der Waals surface area contributed by atoms with E-state index in [4.69, 9.17) is 4.74 Å². The highest BCUT2D eigenvalue weighted by Crippen LogP contribution is 2.23. The van der Waals surface area contributed by atoms with Gasteiger partial charge in [0, 0.05) is 23.4 Å². The van der Waals surface area contributed by atoms with E-state index in [1.807, 2.05) is 36.4 Å². The Morgan fingerprint density at radius 3 is 2.33 bits per heavy atom. The Balaban J connectivity index is 1.90. The van der Waals surface area contributed by atoms with Gasteiger partial charge in [-0.05, 0) is 38.1 Å². The number of hydrogen-bond donors (Lipinski definition) is 2. The van der Waals surface area contributed by atoms with Crippen LogP contribution < -0.4 is 10.6 Å². The molecule has 6 nitrogen and oxygen atoms in total. The number of rotatable bonds is 6. The third kappa shape index (κ3) is 4.82. The fourth-order valence-corrected chi connectivity index (χ4v) is 2.57. The van der Waals surface area contributed by atoms with Crippen LogP contribution in [-0.4, -0.2) is 29.1 Å². The molecule has 1 heterocycles. The van der Waals surface area contributed by atoms with E-state index in [9.17, 15) is 4.79 Å². The molecule has 3 rings (SSSR count). The van der Waals surface area contributed by atoms with Crippen LogP contribution >= 0.6 is 0 Å². The summed E-state index contributed by atoms with van der Waals surface area (Å²) >= 11 is 0. The van der Waals surface area contributed by atoms with E-state index >= 15 is 0 Å². The second kappa shape index (κ2) is 8.31. The number of ether oxygens (including phenoxy) is 1. The maximum Gasteiger partial charge on any atom is 0.337 e. The quantitative estimate of drug-likeness (QED) is 0.629. The van der Waals surface area contributed by atoms with Gasteiger partial charge in [-0.3, -0.25) is 0 Å². The molecule has 1 aromatic heterocycles. The van der Waals surface area contributed by atoms with Gasteiger partial charge < -0.3 is 15.4 Å². The molecule has 0 saturated heterocycles. The summed E-state index contributed by atoms with van der Waals surface area (Å²) in [7, 11) is 1.36. The van der Waals surface area contributed by atoms with Crippen LogP contribution in [0, 0.1) is 0 Å². The predicted molar refractivity (Wildman–Crippen MR) is 107 cm³/mol. The first-order chi connectivity index (χ1) is 13.0. The zero-order chi connectivity index (χ0) is 19.2. The van der Waals surface area contributed by atoms with E-state index in [0.717, 1.165) is 22.8 Å². The average molecular weight is 362 g/mol. The van der Waals surface area contributed by atoms with Crippen LogP contribution in [0.1, 0.15) is 24.2 Å². The average Bonchev–Trinajstić information content (AvgIpc) is 2.68. The molecule has 2 N–H and O–H groups in total. The molecule has 0 aliphatic rings. The predicted octanol–water partition coefficient (Wildman–Crippen LogP) is 4.49. The molecule has 27 heavy (non-hydrogen) atoms. The number of esters is 1. The minimum atomic E-state index is -0.368. The zero-order valence-corrected chi connectivity index (χ0v) is 15.6. The minimum absolute atomic E-state index is 0.246. The highest BCUT2D eigenvalue weighted by atomic mass is 16.5. The molecule has 0 spiro atoms. The van der Waals surface area contributed by atoms with E-state index in [1.54, 1.807) is 24.3 Å². The summed E-state index contributed by atoms with van der Waals surface area (Å²) in [5.41, 5.74) is 3.10. The van der Waals surface area contributed by atoms with Crippen molar-refractivity contribution in [2.24, 2.45) is 0 Å². The van der Waals surface area contributed by atoms with Crippen molar-refractivity contribution in [3.05, 3.63) is 66.2 Å². The van der Waals surface area contributed by atoms with Crippen molar-refractivity contribution >= 4 is 23.4 Å². The summed E-state index contributed by atoms with van der Waals surface area (Å²) < 4.78 is 4.72. The van der Waals surface area contributed by atoms with Gasteiger partial charge in [-0.2, -0.15) is 4.98 Å². The normalized spacial score (nSPS) is 10.5. The van der Waals surface area contributed by atoms with Gasteiger partial charge in [-0.1, -0.05) is 30.3 Å². The fraction of sp³-hybridized carbons (Fsp3) is 0.190. The van der Waals surface area contributed by atoms with Crippen molar-refractivity contribution in [1.82, 2.24) is 9.97 Å². The van der Waals surface area contributed by atoms with E-state index in [2.05, 4.69) is 34.4 Å². The molecular formula is C21H22N4O2. The van der Waals surface area contributed by atoms with Gasteiger partial charge in [0.15, 0.2) is 0 Å². The van der Waals surface area contributed by atoms with E-state index in [0.29, 0.717) is 11.5 Å². The lowest BCUT2D eigenvalue weighted by Crippen LogP contribution is -2.12. The molecule has 0 radical (unpaired) electrons. The van der Waals surface area contributed by atoms with Gasteiger partial charge in [0.05, 0.1) is 18.4 Å². The first-order valence-electron chi connectivity index (χ1n) is 8.71. The number of aromatic nitrogens is 2. The summed E-state index contributed by atoms with van der Waals surface area (Å²) in [6, 6.07) is 19.1. The molecular weight excluding hydrogens is 340 g/mol. The molecule has 138 valence electrons. The van der Waals surface area contributed by atoms with Crippen LogP contribution in [0.15, 0.2) is 60.7 Å². The number of carbonyl (C=O) groups excluding carboxylic acids is 1. The topological polar surface area (TPSA) is 76.1 Å². The number of benzene rings is 2. The van der Waals surface area contributed by atoms with Gasteiger partial charge in [0.2, 0.25) is 5.95 Å². The maximum atomic E-state index is 11.6. The Morgan fingerprint density at radius 1 is 1.00 bits per heavy atom. The van der Waals surface area contributed by atoms with Gasteiger partial charge in [-0.15, -0.1) is 0 Å². The van der Waals surface area contributed by atoms with Crippen LogP contribution in [0.2, 0.25) is 0 Å². The first kappa shape index (κ1) is 18.4. The summed E-state index contributed by atoms with van der Waals surface area (Å²) in [6.45, 7) is 4.12. The summed E-state index contributed by atoms with van der Waals surface area (Å²) in [5.74, 6) is 0.852. The smallest absolute Gasteiger partial charge is 0.337 e. The lowest BCUT2D eigenvalue weighted by Gasteiger charge is -2.13. The summed E-state index contributed by atoms with van der Waals surface area (Å²) in [4.78, 5) is 20.7. The SMILES string of the molecule is COC(=O)c1ccc(Nc2nc(NC(C)C)cc(-c3ccccc3)n2)cc1. The Morgan fingerprint density at radius 2 is 1.70 bits per heavy atom. The second-order valence-corrected chi connectivity index (χ2v) is 6.32. The molecule has 3 aromatic rings. The largest absolute Gasteiger partial charge is 0.465 e. The number of nitrogens with one attached hydrogen (secondary N) is 2. The number of anilines is 3. The fourth-order valence-electron chi connectivity index (χ4n) is 2.57. The first-order valence-corrected chi connectivity index (χ1v) is 8.71. The standard InChI is InChI=1S/C21H22N4O2/c1-14(2)22-19-13-18(15-7-5-4-6-8-15)24-21(25-19)23-17-11-9-16(10-12-17)20(26)27-3/h4-14H,1-3H3,(H2,22,23,24,25). The molecule has 0 aliphatic heterocycles. The van der Waals surface area contributed by atoms with Crippen LogP contribution in [0.25, 0.3) is 11.3 Å². The highest BCUT2D eigenvalue weighted by Gasteiger charge is 2.09. The number of hydrogen-bond acceptors (Lipinski definition) is 6. The summed E-state index contributed by atoms with van der Waals surface area (Å²) in [6.07, 6.45) is 0. The van der Waals surface area contributed by atoms with Crippen molar-refractivity contribution < 1.29 is 9.53 Å². The van der Waals surface area contributed by atoms with E-state index in [1.165, 1.54) is 7.11 Å². The van der Waals surface area contributed by atoms with Crippen molar-refractivity contribution in [3.63, 3.8) is 0 Å². The molecule has 0 saturated carbocycles. The van der Waals surface area contributed by atoms with Crippen LogP contribution in [0.5, 0.6) is 0 Å². The van der Waals surface area contributed by atoms with Crippen molar-refractivity contribution in [2.45, 2.75) is 19.9 Å². The molecule has 2 aromatic carbocycles. The Bertz CT molecular complexity index is 909. The van der Waals surface area contributed by atoms with Crippen LogP contribution in [0.3, 0.4) is 0 Å². The monoisotopic (exact) mass is 362 g/mol. The van der Waals surface area contributed by atoms with E-state index in [-0.39, 0.29) is 12.0 Å². The molecule has 0 bridgehead atoms. The van der Waals surface area contributed by atoms with Crippen molar-refractivity contribution in [2.75, 3.05) is 17.7 Å². The Kier molecular flexibility index (Phi) is 5.66.